The van der Waals surface area contributed by atoms with Gasteiger partial charge in [0.05, 0.1) is 26.3 Å². The highest BCUT2D eigenvalue weighted by atomic mass is 16.5. The van der Waals surface area contributed by atoms with E-state index in [0.717, 1.165) is 0 Å². The summed E-state index contributed by atoms with van der Waals surface area (Å²) in [5, 5.41) is 2.71. The van der Waals surface area contributed by atoms with Crippen molar-refractivity contribution in [3.63, 3.8) is 0 Å². The van der Waals surface area contributed by atoms with Gasteiger partial charge in [-0.15, -0.1) is 0 Å². The Morgan fingerprint density at radius 2 is 1.95 bits per heavy atom. The van der Waals surface area contributed by atoms with Crippen LogP contribution in [-0.4, -0.2) is 25.1 Å². The second-order valence-corrected chi connectivity index (χ2v) is 5.15. The molecule has 0 saturated carbocycles. The zero-order valence-electron chi connectivity index (χ0n) is 11.9. The van der Waals surface area contributed by atoms with Gasteiger partial charge in [0, 0.05) is 11.5 Å². The fourth-order valence-electron chi connectivity index (χ4n) is 1.43. The van der Waals surface area contributed by atoms with Crippen LogP contribution in [0.25, 0.3) is 0 Å². The van der Waals surface area contributed by atoms with Gasteiger partial charge < -0.3 is 14.8 Å². The third-order valence-electron chi connectivity index (χ3n) is 2.60. The van der Waals surface area contributed by atoms with Crippen molar-refractivity contribution in [2.45, 2.75) is 27.3 Å². The molecule has 1 aromatic heterocycles. The predicted octanol–water partition coefficient (Wildman–Crippen LogP) is 1.05. The van der Waals surface area contributed by atoms with Gasteiger partial charge >= 0.3 is 0 Å². The molecule has 6 heteroatoms. The highest BCUT2D eigenvalue weighted by Gasteiger charge is 2.21. The quantitative estimate of drug-likeness (QED) is 0.855. The second kappa shape index (κ2) is 5.77. The first-order valence-corrected chi connectivity index (χ1v) is 5.92. The van der Waals surface area contributed by atoms with E-state index in [-0.39, 0.29) is 17.9 Å². The molecule has 0 unspecified atom stereocenters. The molecule has 1 aromatic rings. The summed E-state index contributed by atoms with van der Waals surface area (Å²) in [7, 11) is 2.89. The first-order chi connectivity index (χ1) is 8.79. The summed E-state index contributed by atoms with van der Waals surface area (Å²) in [5.74, 6) is 0.469. The average molecular weight is 268 g/mol. The molecule has 19 heavy (non-hydrogen) atoms. The molecular weight excluding hydrogens is 248 g/mol. The molecule has 6 nitrogen and oxygen atoms in total. The molecule has 0 aliphatic heterocycles. The minimum absolute atomic E-state index is 0.110. The lowest BCUT2D eigenvalue weighted by atomic mass is 9.95. The van der Waals surface area contributed by atoms with E-state index in [0.29, 0.717) is 17.3 Å². The molecule has 0 aliphatic rings. The zero-order chi connectivity index (χ0) is 14.6. The fourth-order valence-corrected chi connectivity index (χ4v) is 1.43. The molecular formula is C13H20N2O4. The third-order valence-corrected chi connectivity index (χ3v) is 2.60. The Bertz CT molecular complexity index is 514. The Balaban J connectivity index is 2.96. The van der Waals surface area contributed by atoms with Crippen molar-refractivity contribution in [2.24, 2.45) is 5.41 Å². The van der Waals surface area contributed by atoms with Crippen LogP contribution in [0.2, 0.25) is 0 Å². The van der Waals surface area contributed by atoms with E-state index in [4.69, 9.17) is 9.47 Å². The van der Waals surface area contributed by atoms with Crippen molar-refractivity contribution in [1.82, 2.24) is 10.3 Å². The molecule has 2 N–H and O–H groups in total. The number of ether oxygens (including phenoxy) is 2. The molecule has 0 fully saturated rings. The summed E-state index contributed by atoms with van der Waals surface area (Å²) < 4.78 is 10.0. The summed E-state index contributed by atoms with van der Waals surface area (Å²) in [4.78, 5) is 26.5. The van der Waals surface area contributed by atoms with Gasteiger partial charge in [-0.1, -0.05) is 20.8 Å². The van der Waals surface area contributed by atoms with Gasteiger partial charge in [0.1, 0.15) is 0 Å². The van der Waals surface area contributed by atoms with Gasteiger partial charge in [0.25, 0.3) is 0 Å². The van der Waals surface area contributed by atoms with Gasteiger partial charge in [0.15, 0.2) is 11.3 Å². The maximum absolute atomic E-state index is 11.9. The van der Waals surface area contributed by atoms with Crippen LogP contribution in [0.15, 0.2) is 10.9 Å². The largest absolute Gasteiger partial charge is 0.482 e. The number of aromatic nitrogens is 1. The van der Waals surface area contributed by atoms with Crippen LogP contribution in [0, 0.1) is 5.41 Å². The van der Waals surface area contributed by atoms with Crippen LogP contribution in [0.3, 0.4) is 0 Å². The Kier molecular flexibility index (Phi) is 4.58. The number of H-pyrrole nitrogens is 1. The average Bonchev–Trinajstić information content (AvgIpc) is 2.34. The Morgan fingerprint density at radius 1 is 1.32 bits per heavy atom. The number of carbonyl (C=O) groups excluding carboxylic acids is 1. The topological polar surface area (TPSA) is 80.4 Å². The number of hydrogen-bond acceptors (Lipinski definition) is 4. The lowest BCUT2D eigenvalue weighted by Crippen LogP contribution is -2.35. The third kappa shape index (κ3) is 3.74. The first kappa shape index (κ1) is 15.1. The van der Waals surface area contributed by atoms with Gasteiger partial charge in [-0.2, -0.15) is 0 Å². The van der Waals surface area contributed by atoms with Gasteiger partial charge in [-0.05, 0) is 0 Å². The monoisotopic (exact) mass is 268 g/mol. The van der Waals surface area contributed by atoms with Crippen LogP contribution >= 0.6 is 0 Å². The van der Waals surface area contributed by atoms with Crippen molar-refractivity contribution in [3.8, 4) is 11.8 Å². The molecule has 106 valence electrons. The lowest BCUT2D eigenvalue weighted by Gasteiger charge is -2.18. The number of amides is 1. The number of carbonyl (C=O) groups is 1. The molecule has 0 spiro atoms. The second-order valence-electron chi connectivity index (χ2n) is 5.15. The van der Waals surface area contributed by atoms with Crippen LogP contribution < -0.4 is 20.2 Å². The smallest absolute Gasteiger partial charge is 0.225 e. The minimum Gasteiger partial charge on any atom is -0.482 e. The predicted molar refractivity (Wildman–Crippen MR) is 71.5 cm³/mol. The highest BCUT2D eigenvalue weighted by Crippen LogP contribution is 2.17. The Morgan fingerprint density at radius 3 is 2.42 bits per heavy atom. The number of pyridine rings is 1. The fraction of sp³-hybridized carbons (Fsp3) is 0.538. The molecule has 0 aromatic carbocycles. The zero-order valence-corrected chi connectivity index (χ0v) is 11.9. The maximum Gasteiger partial charge on any atom is 0.225 e. The van der Waals surface area contributed by atoms with E-state index in [1.54, 1.807) is 20.8 Å². The summed E-state index contributed by atoms with van der Waals surface area (Å²) in [6.07, 6.45) is 0. The summed E-state index contributed by atoms with van der Waals surface area (Å²) >= 11 is 0. The van der Waals surface area contributed by atoms with Gasteiger partial charge in [-0.3, -0.25) is 14.6 Å². The van der Waals surface area contributed by atoms with E-state index in [1.807, 2.05) is 0 Å². The summed E-state index contributed by atoms with van der Waals surface area (Å²) in [5.41, 5.74) is -0.394. The number of aromatic amines is 1. The van der Waals surface area contributed by atoms with E-state index >= 15 is 0 Å². The van der Waals surface area contributed by atoms with Crippen LogP contribution in [0.1, 0.15) is 26.3 Å². The van der Waals surface area contributed by atoms with Crippen molar-refractivity contribution in [3.05, 3.63) is 21.9 Å². The number of methoxy groups -OCH3 is 2. The van der Waals surface area contributed by atoms with Gasteiger partial charge in [-0.25, -0.2) is 0 Å². The number of nitrogens with one attached hydrogen (secondary N) is 2. The lowest BCUT2D eigenvalue weighted by molar-refractivity contribution is -0.128. The van der Waals surface area contributed by atoms with Crippen molar-refractivity contribution >= 4 is 5.91 Å². The number of rotatable bonds is 4. The van der Waals surface area contributed by atoms with Gasteiger partial charge in [0.2, 0.25) is 11.8 Å². The normalized spacial score (nSPS) is 11.0. The summed E-state index contributed by atoms with van der Waals surface area (Å²) in [6, 6.07) is 1.32. The molecule has 1 heterocycles. The van der Waals surface area contributed by atoms with Crippen molar-refractivity contribution in [1.29, 1.82) is 0 Å². The molecule has 1 amide bonds. The highest BCUT2D eigenvalue weighted by molar-refractivity contribution is 5.81. The SMILES string of the molecule is COc1cc(=O)c(CNC(=O)C(C)(C)C)c(OC)[nH]1. The first-order valence-electron chi connectivity index (χ1n) is 5.92. The van der Waals surface area contributed by atoms with E-state index in [9.17, 15) is 9.59 Å². The molecule has 0 bridgehead atoms. The number of hydrogen-bond donors (Lipinski definition) is 2. The maximum atomic E-state index is 11.9. The molecule has 0 saturated heterocycles. The molecule has 0 atom stereocenters. The van der Waals surface area contributed by atoms with E-state index < -0.39 is 5.41 Å². The minimum atomic E-state index is -0.507. The van der Waals surface area contributed by atoms with Crippen LogP contribution in [-0.2, 0) is 11.3 Å². The molecule has 1 rings (SSSR count). The van der Waals surface area contributed by atoms with Crippen LogP contribution in [0.4, 0.5) is 0 Å². The Hall–Kier alpha value is -1.98. The molecule has 0 radical (unpaired) electrons. The van der Waals surface area contributed by atoms with Crippen molar-refractivity contribution < 1.29 is 14.3 Å². The molecule has 0 aliphatic carbocycles. The van der Waals surface area contributed by atoms with Crippen molar-refractivity contribution in [2.75, 3.05) is 14.2 Å². The Labute approximate surface area is 112 Å². The van der Waals surface area contributed by atoms with Crippen LogP contribution in [0.5, 0.6) is 11.8 Å². The standard InChI is InChI=1S/C13H20N2O4/c1-13(2,3)12(17)14-7-8-9(16)6-10(18-4)15-11(8)19-5/h6H,7H2,1-5H3,(H,14,17)(H,15,16). The van der Waals surface area contributed by atoms with E-state index in [2.05, 4.69) is 10.3 Å². The van der Waals surface area contributed by atoms with E-state index in [1.165, 1.54) is 20.3 Å². The summed E-state index contributed by atoms with van der Waals surface area (Å²) in [6.45, 7) is 5.52.